The van der Waals surface area contributed by atoms with Crippen LogP contribution in [0.4, 0.5) is 0 Å². The quantitative estimate of drug-likeness (QED) is 0.181. The fourth-order valence-corrected chi connectivity index (χ4v) is 6.08. The summed E-state index contributed by atoms with van der Waals surface area (Å²) in [5.74, 6) is 5.08. The maximum atomic E-state index is 12.5. The lowest BCUT2D eigenvalue weighted by Gasteiger charge is -2.28. The maximum absolute atomic E-state index is 12.5. The van der Waals surface area contributed by atoms with Crippen LogP contribution >= 0.6 is 6.64 Å². The van der Waals surface area contributed by atoms with Crippen molar-refractivity contribution in [2.75, 3.05) is 6.61 Å². The average molecular weight is 582 g/mol. The molecule has 39 heavy (non-hydrogen) atoms. The molecule has 2 aromatic rings. The second-order valence-electron chi connectivity index (χ2n) is 9.00. The van der Waals surface area contributed by atoms with Gasteiger partial charge in [-0.3, -0.25) is 19.1 Å². The number of rotatable bonds is 10. The molecule has 0 saturated carbocycles. The smallest absolute Gasteiger partial charge is 0.330 e. The lowest BCUT2D eigenvalue weighted by molar-refractivity contribution is -0.149. The summed E-state index contributed by atoms with van der Waals surface area (Å²) >= 11 is 5.68. The van der Waals surface area contributed by atoms with Gasteiger partial charge in [-0.05, 0) is 44.7 Å². The Bertz CT molecular complexity index is 1370. The molecule has 1 aliphatic heterocycles. The average Bonchev–Trinajstić information content (AvgIpc) is 3.11. The molecule has 1 fully saturated rings. The Balaban J connectivity index is 1.88. The van der Waals surface area contributed by atoms with Crippen molar-refractivity contribution in [3.05, 3.63) is 63.4 Å². The van der Waals surface area contributed by atoms with Gasteiger partial charge in [0.1, 0.15) is 24.0 Å². The number of aromatic amines is 1. The number of esters is 1. The molecule has 3 rings (SSSR count). The van der Waals surface area contributed by atoms with Crippen molar-refractivity contribution in [3.8, 4) is 17.6 Å². The molecule has 212 valence electrons. The van der Waals surface area contributed by atoms with Crippen molar-refractivity contribution < 1.29 is 33.5 Å². The number of nitrogens with one attached hydrogen (secondary N) is 2. The van der Waals surface area contributed by atoms with Crippen LogP contribution in [-0.2, 0) is 30.6 Å². The summed E-state index contributed by atoms with van der Waals surface area (Å²) in [6.45, 7) is 2.82. The highest BCUT2D eigenvalue weighted by atomic mass is 32.5. The minimum atomic E-state index is -3.49. The third-order valence-electron chi connectivity index (χ3n) is 5.49. The van der Waals surface area contributed by atoms with Gasteiger partial charge in [0.25, 0.3) is 5.56 Å². The van der Waals surface area contributed by atoms with Gasteiger partial charge < -0.3 is 28.7 Å². The van der Waals surface area contributed by atoms with Crippen LogP contribution in [0.3, 0.4) is 0 Å². The SMILES string of the molecule is CCC#CC1(O)C(O)C(COP(=S)(NC(C)C(=O)OC(C)C)Oc2ccccc2)OC1n1ccc(=O)[nH]c1=O. The third-order valence-corrected chi connectivity index (χ3v) is 7.99. The third kappa shape index (κ3) is 7.64. The Morgan fingerprint density at radius 3 is 2.59 bits per heavy atom. The highest BCUT2D eigenvalue weighted by Gasteiger charge is 2.56. The van der Waals surface area contributed by atoms with E-state index in [-0.39, 0.29) is 6.10 Å². The van der Waals surface area contributed by atoms with Crippen molar-refractivity contribution in [1.82, 2.24) is 14.6 Å². The van der Waals surface area contributed by atoms with E-state index in [2.05, 4.69) is 21.9 Å². The normalized spacial score (nSPS) is 24.8. The molecule has 14 heteroatoms. The van der Waals surface area contributed by atoms with Gasteiger partial charge in [0.05, 0.1) is 12.7 Å². The zero-order valence-corrected chi connectivity index (χ0v) is 23.6. The van der Waals surface area contributed by atoms with E-state index in [1.54, 1.807) is 58.0 Å². The fourth-order valence-electron chi connectivity index (χ4n) is 3.66. The summed E-state index contributed by atoms with van der Waals surface area (Å²) in [4.78, 5) is 38.5. The molecule has 4 N–H and O–H groups in total. The van der Waals surface area contributed by atoms with Gasteiger partial charge >= 0.3 is 18.3 Å². The van der Waals surface area contributed by atoms with Crippen LogP contribution in [-0.4, -0.2) is 62.3 Å². The summed E-state index contributed by atoms with van der Waals surface area (Å²) in [7, 11) is 0. The monoisotopic (exact) mass is 581 g/mol. The van der Waals surface area contributed by atoms with E-state index in [9.17, 15) is 24.6 Å². The molecule has 12 nitrogen and oxygen atoms in total. The minimum Gasteiger partial charge on any atom is -0.462 e. The molecular weight excluding hydrogens is 549 g/mol. The first-order valence-corrected chi connectivity index (χ1v) is 14.9. The van der Waals surface area contributed by atoms with Crippen molar-refractivity contribution >= 4 is 24.4 Å². The van der Waals surface area contributed by atoms with E-state index in [0.29, 0.717) is 12.2 Å². The first-order chi connectivity index (χ1) is 18.4. The molecule has 0 radical (unpaired) electrons. The van der Waals surface area contributed by atoms with Crippen LogP contribution in [0.5, 0.6) is 5.75 Å². The topological polar surface area (TPSA) is 161 Å². The number of carbonyl (C=O) groups is 1. The van der Waals surface area contributed by atoms with Crippen LogP contribution in [0.25, 0.3) is 0 Å². The standard InChI is InChI=1S/C25H32N3O9PS/c1-5-6-13-25(33)21(30)19(36-23(25)28-14-12-20(29)26-24(28)32)15-34-38(39,37-18-10-8-7-9-11-18)27-17(4)22(31)35-16(2)3/h7-12,14,16-17,19,21,23,30,33H,5,15H2,1-4H3,(H,27,39)(H,26,29,32). The van der Waals surface area contributed by atoms with Gasteiger partial charge in [0.15, 0.2) is 11.8 Å². The van der Waals surface area contributed by atoms with Gasteiger partial charge in [-0.25, -0.2) is 9.88 Å². The summed E-state index contributed by atoms with van der Waals surface area (Å²) in [6.07, 6.45) is -3.23. The molecule has 2 heterocycles. The molecular formula is C25H32N3O9PS. The molecule has 0 amide bonds. The van der Waals surface area contributed by atoms with Crippen LogP contribution in [0.2, 0.25) is 0 Å². The number of H-pyrrole nitrogens is 1. The van der Waals surface area contributed by atoms with Crippen LogP contribution in [0.1, 0.15) is 40.3 Å². The number of carbonyl (C=O) groups excluding carboxylic acids is 1. The summed E-state index contributed by atoms with van der Waals surface area (Å²) < 4.78 is 23.9. The number of hydrogen-bond donors (Lipinski definition) is 4. The van der Waals surface area contributed by atoms with E-state index >= 15 is 0 Å². The van der Waals surface area contributed by atoms with E-state index < -0.39 is 60.5 Å². The first-order valence-electron chi connectivity index (χ1n) is 12.2. The van der Waals surface area contributed by atoms with E-state index in [1.165, 1.54) is 0 Å². The molecule has 0 bridgehead atoms. The highest BCUT2D eigenvalue weighted by molar-refractivity contribution is 8.09. The predicted octanol–water partition coefficient (Wildman–Crippen LogP) is 1.19. The molecule has 6 unspecified atom stereocenters. The number of aromatic nitrogens is 2. The zero-order valence-electron chi connectivity index (χ0n) is 21.9. The van der Waals surface area contributed by atoms with Gasteiger partial charge in [-0.15, -0.1) is 5.92 Å². The van der Waals surface area contributed by atoms with Crippen molar-refractivity contribution in [3.63, 3.8) is 0 Å². The summed E-state index contributed by atoms with van der Waals surface area (Å²) in [5.41, 5.74) is -3.74. The summed E-state index contributed by atoms with van der Waals surface area (Å²) in [6, 6.07) is 8.72. The molecule has 1 aromatic heterocycles. The summed E-state index contributed by atoms with van der Waals surface area (Å²) in [5, 5.41) is 25.3. The number of nitrogens with zero attached hydrogens (tertiary/aromatic N) is 1. The molecule has 0 aliphatic carbocycles. The molecule has 0 spiro atoms. The van der Waals surface area contributed by atoms with E-state index in [4.69, 9.17) is 30.3 Å². The van der Waals surface area contributed by atoms with Gasteiger partial charge in [-0.2, -0.15) is 0 Å². The Hall–Kier alpha value is -2.82. The van der Waals surface area contributed by atoms with E-state index in [0.717, 1.165) is 16.8 Å². The van der Waals surface area contributed by atoms with Crippen molar-refractivity contribution in [2.45, 2.75) is 70.3 Å². The molecule has 1 aromatic carbocycles. The van der Waals surface area contributed by atoms with E-state index in [1.807, 2.05) is 0 Å². The van der Waals surface area contributed by atoms with Gasteiger partial charge in [-0.1, -0.05) is 31.0 Å². The fraction of sp³-hybridized carbons (Fsp3) is 0.480. The molecule has 1 aliphatic rings. The molecule has 1 saturated heterocycles. The Morgan fingerprint density at radius 2 is 1.97 bits per heavy atom. The Kier molecular flexibility index (Phi) is 10.3. The number of benzene rings is 1. The highest BCUT2D eigenvalue weighted by Crippen LogP contribution is 2.47. The lowest BCUT2D eigenvalue weighted by atomic mass is 9.94. The van der Waals surface area contributed by atoms with Crippen molar-refractivity contribution in [2.24, 2.45) is 0 Å². The largest absolute Gasteiger partial charge is 0.462 e. The maximum Gasteiger partial charge on any atom is 0.330 e. The second kappa shape index (κ2) is 13.0. The van der Waals surface area contributed by atoms with Gasteiger partial charge in [0.2, 0.25) is 0 Å². The number of ether oxygens (including phenoxy) is 2. The lowest BCUT2D eigenvalue weighted by Crippen LogP contribution is -2.48. The Morgan fingerprint density at radius 1 is 1.28 bits per heavy atom. The predicted molar refractivity (Wildman–Crippen MR) is 145 cm³/mol. The first kappa shape index (κ1) is 30.7. The Labute approximate surface area is 230 Å². The van der Waals surface area contributed by atoms with Crippen LogP contribution in [0.15, 0.2) is 52.2 Å². The van der Waals surface area contributed by atoms with Crippen molar-refractivity contribution in [1.29, 1.82) is 0 Å². The van der Waals surface area contributed by atoms with Crippen LogP contribution in [0, 0.1) is 11.8 Å². The van der Waals surface area contributed by atoms with Crippen LogP contribution < -0.4 is 20.9 Å². The number of para-hydroxylation sites is 1. The zero-order chi connectivity index (χ0) is 28.8. The number of aliphatic hydroxyl groups excluding tert-OH is 1. The minimum absolute atomic E-state index is 0.351. The number of hydrogen-bond acceptors (Lipinski definition) is 10. The number of aliphatic hydroxyl groups is 2. The van der Waals surface area contributed by atoms with Gasteiger partial charge in [0, 0.05) is 18.7 Å². The second-order valence-corrected chi connectivity index (χ2v) is 12.1. The molecule has 6 atom stereocenters.